The summed E-state index contributed by atoms with van der Waals surface area (Å²) in [4.78, 5) is 51.1. The van der Waals surface area contributed by atoms with Gasteiger partial charge in [0.1, 0.15) is 6.04 Å². The van der Waals surface area contributed by atoms with Crippen molar-refractivity contribution < 1.29 is 19.2 Å². The van der Waals surface area contributed by atoms with Gasteiger partial charge in [-0.3, -0.25) is 19.2 Å². The molecule has 0 aromatic heterocycles. The molecule has 1 rings (SSSR count). The highest BCUT2D eigenvalue weighted by molar-refractivity contribution is 5.97. The van der Waals surface area contributed by atoms with Crippen LogP contribution in [0, 0.1) is 5.92 Å². The van der Waals surface area contributed by atoms with Crippen LogP contribution in [-0.2, 0) is 19.2 Å². The molecule has 0 unspecified atom stereocenters. The molecule has 8 nitrogen and oxygen atoms in total. The molecule has 2 atom stereocenters. The third-order valence-electron chi connectivity index (χ3n) is 4.98. The van der Waals surface area contributed by atoms with Crippen LogP contribution in [0.1, 0.15) is 47.0 Å². The standard InChI is InChI=1S/C20H34N4O4/c1-6-9-22-19(27)16-8-7-10-24(16)20(28)15(4)11-17(14(2)3)23(5)18(26)12-21-13-25/h11,13-14,16-17H,6-10,12H2,1-5H3,(H,21,25)(H,22,27)/t16-,17+/m0/s1. The van der Waals surface area contributed by atoms with E-state index in [0.29, 0.717) is 31.5 Å². The number of carbonyl (C=O) groups excluding carboxylic acids is 4. The summed E-state index contributed by atoms with van der Waals surface area (Å²) >= 11 is 0. The molecule has 0 saturated carbocycles. The van der Waals surface area contributed by atoms with E-state index in [0.717, 1.165) is 12.8 Å². The maximum atomic E-state index is 13.0. The van der Waals surface area contributed by atoms with Crippen molar-refractivity contribution in [3.63, 3.8) is 0 Å². The molecule has 0 bridgehead atoms. The number of hydrogen-bond acceptors (Lipinski definition) is 4. The Morgan fingerprint density at radius 2 is 1.96 bits per heavy atom. The first kappa shape index (κ1) is 23.7. The van der Waals surface area contributed by atoms with E-state index in [9.17, 15) is 19.2 Å². The second kappa shape index (κ2) is 11.5. The lowest BCUT2D eigenvalue weighted by Gasteiger charge is -2.30. The van der Waals surface area contributed by atoms with E-state index in [2.05, 4.69) is 10.6 Å². The zero-order valence-electron chi connectivity index (χ0n) is 17.7. The van der Waals surface area contributed by atoms with Crippen LogP contribution in [0.25, 0.3) is 0 Å². The molecule has 0 aromatic carbocycles. The first-order valence-corrected chi connectivity index (χ1v) is 9.94. The molecule has 1 saturated heterocycles. The van der Waals surface area contributed by atoms with Crippen molar-refractivity contribution in [1.29, 1.82) is 0 Å². The number of rotatable bonds is 10. The quantitative estimate of drug-likeness (QED) is 0.420. The van der Waals surface area contributed by atoms with Crippen LogP contribution < -0.4 is 10.6 Å². The largest absolute Gasteiger partial charge is 0.354 e. The Bertz CT molecular complexity index is 603. The predicted molar refractivity (Wildman–Crippen MR) is 107 cm³/mol. The molecule has 8 heteroatoms. The number of carbonyl (C=O) groups is 4. The maximum Gasteiger partial charge on any atom is 0.249 e. The molecule has 2 N–H and O–H groups in total. The summed E-state index contributed by atoms with van der Waals surface area (Å²) in [6, 6.07) is -0.726. The first-order chi connectivity index (χ1) is 13.2. The Hall–Kier alpha value is -2.38. The fourth-order valence-electron chi connectivity index (χ4n) is 3.37. The van der Waals surface area contributed by atoms with Crippen LogP contribution >= 0.6 is 0 Å². The molecule has 1 aliphatic heterocycles. The van der Waals surface area contributed by atoms with Gasteiger partial charge in [-0.2, -0.15) is 0 Å². The van der Waals surface area contributed by atoms with Gasteiger partial charge in [-0.15, -0.1) is 0 Å². The maximum absolute atomic E-state index is 13.0. The van der Waals surface area contributed by atoms with Gasteiger partial charge < -0.3 is 20.4 Å². The summed E-state index contributed by atoms with van der Waals surface area (Å²) in [5.74, 6) is -0.435. The normalized spacial score (nSPS) is 18.0. The van der Waals surface area contributed by atoms with Gasteiger partial charge in [0.2, 0.25) is 24.1 Å². The summed E-state index contributed by atoms with van der Waals surface area (Å²) < 4.78 is 0. The van der Waals surface area contributed by atoms with Gasteiger partial charge in [0.15, 0.2) is 0 Å². The minimum absolute atomic E-state index is 0.0789. The predicted octanol–water partition coefficient (Wildman–Crippen LogP) is 0.679. The number of nitrogens with zero attached hydrogens (tertiary/aromatic N) is 2. The minimum Gasteiger partial charge on any atom is -0.354 e. The second-order valence-corrected chi connectivity index (χ2v) is 7.54. The summed E-state index contributed by atoms with van der Waals surface area (Å²) in [6.07, 6.45) is 4.58. The lowest BCUT2D eigenvalue weighted by Crippen LogP contribution is -2.47. The van der Waals surface area contributed by atoms with Gasteiger partial charge in [-0.25, -0.2) is 0 Å². The average Bonchev–Trinajstić information content (AvgIpc) is 3.16. The molecule has 0 aliphatic carbocycles. The Kier molecular flexibility index (Phi) is 9.68. The monoisotopic (exact) mass is 394 g/mol. The molecule has 1 fully saturated rings. The molecule has 158 valence electrons. The van der Waals surface area contributed by atoms with Crippen LogP contribution in [0.4, 0.5) is 0 Å². The molecular weight excluding hydrogens is 360 g/mol. The summed E-state index contributed by atoms with van der Waals surface area (Å²) in [6.45, 7) is 8.70. The molecule has 28 heavy (non-hydrogen) atoms. The molecular formula is C20H34N4O4. The fourth-order valence-corrected chi connectivity index (χ4v) is 3.37. The van der Waals surface area contributed by atoms with E-state index in [4.69, 9.17) is 0 Å². The number of likely N-dealkylation sites (N-methyl/N-ethyl adjacent to an activating group) is 1. The Morgan fingerprint density at radius 1 is 1.29 bits per heavy atom. The van der Waals surface area contributed by atoms with Crippen molar-refractivity contribution in [3.05, 3.63) is 11.6 Å². The highest BCUT2D eigenvalue weighted by Gasteiger charge is 2.34. The third kappa shape index (κ3) is 6.35. The van der Waals surface area contributed by atoms with Crippen LogP contribution in [0.2, 0.25) is 0 Å². The lowest BCUT2D eigenvalue weighted by atomic mass is 9.99. The first-order valence-electron chi connectivity index (χ1n) is 9.94. The highest BCUT2D eigenvalue weighted by Crippen LogP contribution is 2.21. The van der Waals surface area contributed by atoms with Crippen molar-refractivity contribution in [2.75, 3.05) is 26.7 Å². The van der Waals surface area contributed by atoms with Crippen LogP contribution in [0.15, 0.2) is 11.6 Å². The number of nitrogens with one attached hydrogen (secondary N) is 2. The molecule has 4 amide bonds. The van der Waals surface area contributed by atoms with Gasteiger partial charge in [0.05, 0.1) is 12.6 Å². The molecule has 0 spiro atoms. The zero-order chi connectivity index (χ0) is 21.3. The van der Waals surface area contributed by atoms with Crippen molar-refractivity contribution in [3.8, 4) is 0 Å². The van der Waals surface area contributed by atoms with E-state index in [1.54, 1.807) is 24.9 Å². The van der Waals surface area contributed by atoms with Crippen LogP contribution in [0.5, 0.6) is 0 Å². The SMILES string of the molecule is CCCNC(=O)[C@@H]1CCCN1C(=O)C(C)=C[C@H](C(C)C)N(C)C(=O)CNC=O. The van der Waals surface area contributed by atoms with Crippen molar-refractivity contribution in [2.24, 2.45) is 5.92 Å². The topological polar surface area (TPSA) is 98.8 Å². The molecule has 0 radical (unpaired) electrons. The number of amides is 4. The fraction of sp³-hybridized carbons (Fsp3) is 0.700. The second-order valence-electron chi connectivity index (χ2n) is 7.54. The molecule has 1 heterocycles. The number of hydrogen-bond donors (Lipinski definition) is 2. The van der Waals surface area contributed by atoms with Gasteiger partial charge in [-0.05, 0) is 32.1 Å². The summed E-state index contributed by atoms with van der Waals surface area (Å²) in [5, 5.41) is 5.24. The Balaban J connectivity index is 2.92. The summed E-state index contributed by atoms with van der Waals surface area (Å²) in [5.41, 5.74) is 0.511. The van der Waals surface area contributed by atoms with Gasteiger partial charge in [-0.1, -0.05) is 26.8 Å². The van der Waals surface area contributed by atoms with E-state index in [-0.39, 0.29) is 36.2 Å². The highest BCUT2D eigenvalue weighted by atomic mass is 16.2. The summed E-state index contributed by atoms with van der Waals surface area (Å²) in [7, 11) is 1.66. The third-order valence-corrected chi connectivity index (χ3v) is 4.98. The smallest absolute Gasteiger partial charge is 0.249 e. The average molecular weight is 395 g/mol. The van der Waals surface area contributed by atoms with Crippen molar-refractivity contribution in [1.82, 2.24) is 20.4 Å². The molecule has 0 aromatic rings. The van der Waals surface area contributed by atoms with E-state index >= 15 is 0 Å². The molecule has 1 aliphatic rings. The van der Waals surface area contributed by atoms with Crippen molar-refractivity contribution >= 4 is 24.1 Å². The van der Waals surface area contributed by atoms with Gasteiger partial charge in [0, 0.05) is 25.7 Å². The number of likely N-dealkylation sites (tertiary alicyclic amines) is 1. The minimum atomic E-state index is -0.434. The van der Waals surface area contributed by atoms with Crippen LogP contribution in [-0.4, -0.2) is 72.7 Å². The lowest BCUT2D eigenvalue weighted by molar-refractivity contribution is -0.135. The van der Waals surface area contributed by atoms with Crippen LogP contribution in [0.3, 0.4) is 0 Å². The Labute approximate surface area is 167 Å². The van der Waals surface area contributed by atoms with Crippen molar-refractivity contribution in [2.45, 2.75) is 59.0 Å². The van der Waals surface area contributed by atoms with E-state index < -0.39 is 6.04 Å². The van der Waals surface area contributed by atoms with E-state index in [1.807, 2.05) is 20.8 Å². The zero-order valence-corrected chi connectivity index (χ0v) is 17.7. The van der Waals surface area contributed by atoms with Gasteiger partial charge in [0.25, 0.3) is 0 Å². The van der Waals surface area contributed by atoms with Gasteiger partial charge >= 0.3 is 0 Å². The Morgan fingerprint density at radius 3 is 2.54 bits per heavy atom. The van der Waals surface area contributed by atoms with E-state index in [1.165, 1.54) is 4.90 Å².